The zero-order chi connectivity index (χ0) is 18.8. The van der Waals surface area contributed by atoms with Crippen LogP contribution in [-0.2, 0) is 15.0 Å². The second kappa shape index (κ2) is 8.12. The zero-order valence-corrected chi connectivity index (χ0v) is 16.8. The molecule has 0 bridgehead atoms. The van der Waals surface area contributed by atoms with Crippen LogP contribution in [0.25, 0.3) is 0 Å². The van der Waals surface area contributed by atoms with Gasteiger partial charge in [0.2, 0.25) is 5.91 Å². The van der Waals surface area contributed by atoms with Crippen LogP contribution in [0.5, 0.6) is 0 Å². The van der Waals surface area contributed by atoms with E-state index in [9.17, 15) is 13.2 Å². The number of amides is 1. The summed E-state index contributed by atoms with van der Waals surface area (Å²) in [5.74, 6) is -0.0217. The molecule has 0 radical (unpaired) electrons. The number of nitrogens with two attached hydrogens (primary N) is 1. The molecule has 2 aliphatic heterocycles. The maximum absolute atomic E-state index is 12.9. The maximum Gasteiger partial charge on any atom is 0.282 e. The van der Waals surface area contributed by atoms with Gasteiger partial charge in [0.1, 0.15) is 0 Å². The Morgan fingerprint density at radius 2 is 1.46 bits per heavy atom. The number of rotatable bonds is 3. The Bertz CT molecular complexity index is 592. The molecular weight excluding hydrogens is 352 g/mol. The van der Waals surface area contributed by atoms with Gasteiger partial charge in [-0.05, 0) is 32.6 Å². The molecule has 1 saturated carbocycles. The molecule has 0 aromatic rings. The molecule has 2 atom stereocenters. The van der Waals surface area contributed by atoms with Crippen molar-refractivity contribution in [1.82, 2.24) is 13.5 Å². The normalized spacial score (nSPS) is 33.0. The van der Waals surface area contributed by atoms with Crippen molar-refractivity contribution >= 4 is 16.1 Å². The second-order valence-electron chi connectivity index (χ2n) is 8.35. The fraction of sp³-hybridized carbons (Fsp3) is 0.944. The molecule has 150 valence electrons. The van der Waals surface area contributed by atoms with Crippen molar-refractivity contribution in [2.45, 2.75) is 63.8 Å². The van der Waals surface area contributed by atoms with Gasteiger partial charge >= 0.3 is 0 Å². The van der Waals surface area contributed by atoms with E-state index in [4.69, 9.17) is 5.73 Å². The SMILES string of the molecule is CC1(N)CCCCC1C(=O)N1CCN(S(=O)(=O)N2CCCCCC2)CC1. The van der Waals surface area contributed by atoms with E-state index in [2.05, 4.69) is 0 Å². The molecule has 2 N–H and O–H groups in total. The van der Waals surface area contributed by atoms with Crippen LogP contribution in [0.4, 0.5) is 0 Å². The van der Waals surface area contributed by atoms with Crippen molar-refractivity contribution < 1.29 is 13.2 Å². The first-order chi connectivity index (χ1) is 12.3. The summed E-state index contributed by atoms with van der Waals surface area (Å²) < 4.78 is 29.0. The van der Waals surface area contributed by atoms with Gasteiger partial charge in [0.25, 0.3) is 10.2 Å². The van der Waals surface area contributed by atoms with Crippen LogP contribution in [0.15, 0.2) is 0 Å². The first-order valence-corrected chi connectivity index (χ1v) is 11.5. The van der Waals surface area contributed by atoms with Crippen LogP contribution in [0, 0.1) is 5.92 Å². The van der Waals surface area contributed by atoms with Crippen molar-refractivity contribution in [2.75, 3.05) is 39.3 Å². The molecule has 3 fully saturated rings. The van der Waals surface area contributed by atoms with E-state index >= 15 is 0 Å². The quantitative estimate of drug-likeness (QED) is 0.788. The number of piperazine rings is 1. The molecule has 1 amide bonds. The molecular formula is C18H34N4O3S. The van der Waals surface area contributed by atoms with Crippen molar-refractivity contribution in [3.05, 3.63) is 0 Å². The highest BCUT2D eigenvalue weighted by molar-refractivity contribution is 7.86. The van der Waals surface area contributed by atoms with Crippen LogP contribution in [0.1, 0.15) is 58.3 Å². The van der Waals surface area contributed by atoms with Gasteiger partial charge in [-0.1, -0.05) is 25.7 Å². The Balaban J connectivity index is 1.59. The highest BCUT2D eigenvalue weighted by Gasteiger charge is 2.41. The van der Waals surface area contributed by atoms with E-state index in [1.807, 2.05) is 11.8 Å². The van der Waals surface area contributed by atoms with Crippen molar-refractivity contribution in [3.63, 3.8) is 0 Å². The first-order valence-electron chi connectivity index (χ1n) is 10.2. The van der Waals surface area contributed by atoms with Crippen LogP contribution in [-0.4, -0.2) is 72.6 Å². The fourth-order valence-corrected chi connectivity index (χ4v) is 6.23. The summed E-state index contributed by atoms with van der Waals surface area (Å²) >= 11 is 0. The maximum atomic E-state index is 12.9. The minimum atomic E-state index is -3.40. The van der Waals surface area contributed by atoms with Crippen LogP contribution in [0.2, 0.25) is 0 Å². The Kier molecular flexibility index (Phi) is 6.26. The number of hydrogen-bond donors (Lipinski definition) is 1. The lowest BCUT2D eigenvalue weighted by atomic mass is 9.74. The summed E-state index contributed by atoms with van der Waals surface area (Å²) in [4.78, 5) is 14.8. The molecule has 26 heavy (non-hydrogen) atoms. The molecule has 0 aromatic heterocycles. The highest BCUT2D eigenvalue weighted by Crippen LogP contribution is 2.33. The number of nitrogens with zero attached hydrogens (tertiary/aromatic N) is 3. The Hall–Kier alpha value is -0.700. The summed E-state index contributed by atoms with van der Waals surface area (Å²) in [6, 6.07) is 0. The molecule has 2 saturated heterocycles. The minimum absolute atomic E-state index is 0.113. The van der Waals surface area contributed by atoms with Gasteiger partial charge in [0.15, 0.2) is 0 Å². The third-order valence-corrected chi connectivity index (χ3v) is 8.36. The number of carbonyl (C=O) groups excluding carboxylic acids is 1. The van der Waals surface area contributed by atoms with Gasteiger partial charge in [-0.2, -0.15) is 17.0 Å². The fourth-order valence-electron chi connectivity index (χ4n) is 4.56. The van der Waals surface area contributed by atoms with Crippen molar-refractivity contribution in [1.29, 1.82) is 0 Å². The Morgan fingerprint density at radius 1 is 0.885 bits per heavy atom. The van der Waals surface area contributed by atoms with E-state index < -0.39 is 15.7 Å². The molecule has 3 rings (SSSR count). The summed E-state index contributed by atoms with van der Waals surface area (Å²) in [6.45, 7) is 4.94. The lowest BCUT2D eigenvalue weighted by Gasteiger charge is -2.42. The number of carbonyl (C=O) groups is 1. The first kappa shape index (κ1) is 20.0. The van der Waals surface area contributed by atoms with Crippen LogP contribution in [0.3, 0.4) is 0 Å². The van der Waals surface area contributed by atoms with E-state index in [-0.39, 0.29) is 11.8 Å². The third-order valence-electron chi connectivity index (χ3n) is 6.32. The minimum Gasteiger partial charge on any atom is -0.340 e. The largest absolute Gasteiger partial charge is 0.340 e. The summed E-state index contributed by atoms with van der Waals surface area (Å²) in [5, 5.41) is 0. The van der Waals surface area contributed by atoms with Crippen LogP contribution >= 0.6 is 0 Å². The topological polar surface area (TPSA) is 87.0 Å². The molecule has 3 aliphatic rings. The summed E-state index contributed by atoms with van der Waals surface area (Å²) in [5.41, 5.74) is 5.94. The third kappa shape index (κ3) is 4.24. The van der Waals surface area contributed by atoms with Gasteiger partial charge < -0.3 is 10.6 Å². The molecule has 0 spiro atoms. The molecule has 8 heteroatoms. The predicted molar refractivity (Wildman–Crippen MR) is 102 cm³/mol. The Morgan fingerprint density at radius 3 is 2.04 bits per heavy atom. The van der Waals surface area contributed by atoms with Crippen LogP contribution < -0.4 is 5.73 Å². The van der Waals surface area contributed by atoms with E-state index in [0.29, 0.717) is 39.3 Å². The molecule has 7 nitrogen and oxygen atoms in total. The van der Waals surface area contributed by atoms with Gasteiger partial charge in [-0.15, -0.1) is 0 Å². The zero-order valence-electron chi connectivity index (χ0n) is 16.0. The van der Waals surface area contributed by atoms with E-state index in [1.165, 1.54) is 0 Å². The van der Waals surface area contributed by atoms with Gasteiger partial charge in [-0.25, -0.2) is 0 Å². The molecule has 1 aliphatic carbocycles. The lowest BCUT2D eigenvalue weighted by molar-refractivity contribution is -0.140. The standard InChI is InChI=1S/C18H34N4O3S/c1-18(19)9-5-4-8-16(18)17(23)20-12-14-22(15-13-20)26(24,25)21-10-6-2-3-7-11-21/h16H,2-15,19H2,1H3. The average molecular weight is 387 g/mol. The molecule has 0 aromatic carbocycles. The van der Waals surface area contributed by atoms with Gasteiger partial charge in [0, 0.05) is 44.8 Å². The summed E-state index contributed by atoms with van der Waals surface area (Å²) in [7, 11) is -3.40. The summed E-state index contributed by atoms with van der Waals surface area (Å²) in [6.07, 6.45) is 7.94. The van der Waals surface area contributed by atoms with Crippen molar-refractivity contribution in [3.8, 4) is 0 Å². The average Bonchev–Trinajstić information content (AvgIpc) is 2.91. The monoisotopic (exact) mass is 386 g/mol. The van der Waals surface area contributed by atoms with E-state index in [1.54, 1.807) is 8.61 Å². The highest BCUT2D eigenvalue weighted by atomic mass is 32.2. The lowest BCUT2D eigenvalue weighted by Crippen LogP contribution is -2.58. The smallest absolute Gasteiger partial charge is 0.282 e. The Labute approximate surface area is 158 Å². The molecule has 2 heterocycles. The molecule has 2 unspecified atom stereocenters. The van der Waals surface area contributed by atoms with Gasteiger partial charge in [-0.3, -0.25) is 4.79 Å². The van der Waals surface area contributed by atoms with Gasteiger partial charge in [0.05, 0.1) is 5.92 Å². The second-order valence-corrected chi connectivity index (χ2v) is 10.3. The number of hydrogen-bond acceptors (Lipinski definition) is 4. The van der Waals surface area contributed by atoms with E-state index in [0.717, 1.165) is 51.4 Å². The predicted octanol–water partition coefficient (Wildman–Crippen LogP) is 1.16. The van der Waals surface area contributed by atoms with Crippen molar-refractivity contribution in [2.24, 2.45) is 11.7 Å².